The fraction of sp³-hybridized carbons (Fsp3) is 0.231. The maximum Gasteiger partial charge on any atom is 0.167 e. The predicted octanol–water partition coefficient (Wildman–Crippen LogP) is 1.91. The Morgan fingerprint density at radius 2 is 1.65 bits per heavy atom. The summed E-state index contributed by atoms with van der Waals surface area (Å²) in [6.45, 7) is 3.69. The Kier molecular flexibility index (Phi) is 3.23. The lowest BCUT2D eigenvalue weighted by Gasteiger charge is -2.05. The molecule has 0 saturated carbocycles. The van der Waals surface area contributed by atoms with Gasteiger partial charge in [0.25, 0.3) is 0 Å². The molecule has 0 saturated heterocycles. The lowest BCUT2D eigenvalue weighted by Crippen LogP contribution is -2.09. The van der Waals surface area contributed by atoms with E-state index in [4.69, 9.17) is 0 Å². The molecule has 0 aliphatic heterocycles. The quantitative estimate of drug-likeness (QED) is 0.752. The highest BCUT2D eigenvalue weighted by atomic mass is 16.1. The summed E-state index contributed by atoms with van der Waals surface area (Å²) < 4.78 is 0. The lowest BCUT2D eigenvalue weighted by atomic mass is 10.0. The van der Waals surface area contributed by atoms with Gasteiger partial charge in [0.15, 0.2) is 5.78 Å². The van der Waals surface area contributed by atoms with Gasteiger partial charge in [-0.1, -0.05) is 30.3 Å². The van der Waals surface area contributed by atoms with E-state index in [9.17, 15) is 4.79 Å². The van der Waals surface area contributed by atoms with Crippen molar-refractivity contribution >= 4 is 5.78 Å². The summed E-state index contributed by atoms with van der Waals surface area (Å²) in [4.78, 5) is 12.0. The second-order valence-electron chi connectivity index (χ2n) is 3.90. The van der Waals surface area contributed by atoms with Crippen LogP contribution in [0, 0.1) is 13.8 Å². The number of carbonyl (C=O) groups is 1. The Bertz CT molecular complexity index is 517. The van der Waals surface area contributed by atoms with E-state index in [0.29, 0.717) is 12.0 Å². The number of hydrogen-bond donors (Lipinski definition) is 0. The van der Waals surface area contributed by atoms with Gasteiger partial charge in [0, 0.05) is 17.5 Å². The lowest BCUT2D eigenvalue weighted by molar-refractivity contribution is 0.0992. The van der Waals surface area contributed by atoms with E-state index >= 15 is 0 Å². The van der Waals surface area contributed by atoms with Crippen LogP contribution in [0.2, 0.25) is 0 Å². The molecule has 0 spiro atoms. The SMILES string of the molecule is Cc1nnnc(C)c1CC(=O)c1ccccc1. The topological polar surface area (TPSA) is 55.7 Å². The van der Waals surface area contributed by atoms with Crippen LogP contribution in [0.15, 0.2) is 30.3 Å². The summed E-state index contributed by atoms with van der Waals surface area (Å²) in [7, 11) is 0. The van der Waals surface area contributed by atoms with Gasteiger partial charge in [0.1, 0.15) is 0 Å². The van der Waals surface area contributed by atoms with Crippen LogP contribution in [0.25, 0.3) is 0 Å². The van der Waals surface area contributed by atoms with Gasteiger partial charge in [-0.15, -0.1) is 10.2 Å². The van der Waals surface area contributed by atoms with Crippen LogP contribution in [0.4, 0.5) is 0 Å². The van der Waals surface area contributed by atoms with Crippen LogP contribution in [0.1, 0.15) is 27.3 Å². The molecule has 2 aromatic rings. The zero-order valence-electron chi connectivity index (χ0n) is 9.84. The first-order chi connectivity index (χ1) is 8.18. The van der Waals surface area contributed by atoms with Gasteiger partial charge in [-0.25, -0.2) is 0 Å². The summed E-state index contributed by atoms with van der Waals surface area (Å²) in [6, 6.07) is 9.24. The van der Waals surface area contributed by atoms with E-state index < -0.39 is 0 Å². The van der Waals surface area contributed by atoms with E-state index in [1.165, 1.54) is 0 Å². The van der Waals surface area contributed by atoms with Gasteiger partial charge >= 0.3 is 0 Å². The highest BCUT2D eigenvalue weighted by Gasteiger charge is 2.12. The average molecular weight is 227 g/mol. The number of nitrogens with zero attached hydrogens (tertiary/aromatic N) is 3. The van der Waals surface area contributed by atoms with Crippen molar-refractivity contribution in [2.45, 2.75) is 20.3 Å². The first kappa shape index (κ1) is 11.4. The molecule has 0 radical (unpaired) electrons. The molecule has 86 valence electrons. The zero-order valence-corrected chi connectivity index (χ0v) is 9.84. The number of hydrogen-bond acceptors (Lipinski definition) is 4. The van der Waals surface area contributed by atoms with E-state index in [0.717, 1.165) is 17.0 Å². The van der Waals surface area contributed by atoms with E-state index in [1.54, 1.807) is 0 Å². The molecule has 4 nitrogen and oxygen atoms in total. The van der Waals surface area contributed by atoms with Crippen LogP contribution in [-0.4, -0.2) is 21.2 Å². The highest BCUT2D eigenvalue weighted by Crippen LogP contribution is 2.11. The first-order valence-electron chi connectivity index (χ1n) is 5.42. The van der Waals surface area contributed by atoms with Crippen molar-refractivity contribution in [2.75, 3.05) is 0 Å². The maximum atomic E-state index is 12.0. The molecule has 0 N–H and O–H groups in total. The van der Waals surface area contributed by atoms with Crippen molar-refractivity contribution in [3.05, 3.63) is 52.8 Å². The Hall–Kier alpha value is -2.10. The summed E-state index contributed by atoms with van der Waals surface area (Å²) in [5.41, 5.74) is 3.11. The Morgan fingerprint density at radius 1 is 1.06 bits per heavy atom. The van der Waals surface area contributed by atoms with Crippen molar-refractivity contribution in [3.63, 3.8) is 0 Å². The second kappa shape index (κ2) is 4.82. The number of Topliss-reactive ketones (excluding diaryl/α,β-unsaturated/α-hetero) is 1. The third-order valence-corrected chi connectivity index (χ3v) is 2.70. The number of ketones is 1. The van der Waals surface area contributed by atoms with Gasteiger partial charge in [-0.3, -0.25) is 4.79 Å². The molecule has 0 fully saturated rings. The number of benzene rings is 1. The average Bonchev–Trinajstić information content (AvgIpc) is 2.35. The summed E-state index contributed by atoms with van der Waals surface area (Å²) in [5.74, 6) is 0.0756. The molecule has 0 amide bonds. The number of carbonyl (C=O) groups excluding carboxylic acids is 1. The molecule has 0 atom stereocenters. The second-order valence-corrected chi connectivity index (χ2v) is 3.90. The Balaban J connectivity index is 2.25. The molecule has 17 heavy (non-hydrogen) atoms. The van der Waals surface area contributed by atoms with Crippen molar-refractivity contribution in [2.24, 2.45) is 0 Å². The van der Waals surface area contributed by atoms with E-state index in [-0.39, 0.29) is 5.78 Å². The first-order valence-corrected chi connectivity index (χ1v) is 5.42. The van der Waals surface area contributed by atoms with Crippen molar-refractivity contribution in [3.8, 4) is 0 Å². The molecule has 4 heteroatoms. The van der Waals surface area contributed by atoms with Crippen molar-refractivity contribution in [1.82, 2.24) is 15.4 Å². The molecule has 2 rings (SSSR count). The zero-order chi connectivity index (χ0) is 12.3. The standard InChI is InChI=1S/C13H13N3O/c1-9-12(10(2)15-16-14-9)8-13(17)11-6-4-3-5-7-11/h3-7H,8H2,1-2H3. The van der Waals surface area contributed by atoms with Crippen LogP contribution < -0.4 is 0 Å². The summed E-state index contributed by atoms with van der Waals surface area (Å²) in [5, 5.41) is 11.4. The van der Waals surface area contributed by atoms with Crippen LogP contribution >= 0.6 is 0 Å². The predicted molar refractivity (Wildman–Crippen MR) is 63.8 cm³/mol. The normalized spacial score (nSPS) is 10.2. The summed E-state index contributed by atoms with van der Waals surface area (Å²) in [6.07, 6.45) is 0.324. The van der Waals surface area contributed by atoms with Crippen molar-refractivity contribution in [1.29, 1.82) is 0 Å². The minimum Gasteiger partial charge on any atom is -0.294 e. The van der Waals surface area contributed by atoms with Crippen LogP contribution in [-0.2, 0) is 6.42 Å². The fourth-order valence-corrected chi connectivity index (χ4v) is 1.68. The number of rotatable bonds is 3. The largest absolute Gasteiger partial charge is 0.294 e. The van der Waals surface area contributed by atoms with Gasteiger partial charge < -0.3 is 0 Å². The van der Waals surface area contributed by atoms with Gasteiger partial charge in [-0.2, -0.15) is 0 Å². The van der Waals surface area contributed by atoms with E-state index in [2.05, 4.69) is 15.4 Å². The fourth-order valence-electron chi connectivity index (χ4n) is 1.68. The molecule has 0 unspecified atom stereocenters. The molecule has 1 heterocycles. The Labute approximate surface area is 99.7 Å². The van der Waals surface area contributed by atoms with Crippen molar-refractivity contribution < 1.29 is 4.79 Å². The monoisotopic (exact) mass is 227 g/mol. The minimum atomic E-state index is 0.0756. The summed E-state index contributed by atoms with van der Waals surface area (Å²) >= 11 is 0. The molecule has 0 aliphatic carbocycles. The van der Waals surface area contributed by atoms with Gasteiger partial charge in [-0.05, 0) is 19.1 Å². The number of aryl methyl sites for hydroxylation is 2. The maximum absolute atomic E-state index is 12.0. The van der Waals surface area contributed by atoms with Crippen LogP contribution in [0.5, 0.6) is 0 Å². The third-order valence-electron chi connectivity index (χ3n) is 2.70. The number of aromatic nitrogens is 3. The van der Waals surface area contributed by atoms with Gasteiger partial charge in [0.2, 0.25) is 0 Å². The molecular weight excluding hydrogens is 214 g/mol. The molecular formula is C13H13N3O. The van der Waals surface area contributed by atoms with Crippen LogP contribution in [0.3, 0.4) is 0 Å². The van der Waals surface area contributed by atoms with E-state index in [1.807, 2.05) is 44.2 Å². The Morgan fingerprint density at radius 3 is 2.24 bits per heavy atom. The molecule has 1 aromatic heterocycles. The van der Waals surface area contributed by atoms with Gasteiger partial charge in [0.05, 0.1) is 11.4 Å². The third kappa shape index (κ3) is 2.53. The molecule has 0 bridgehead atoms. The highest BCUT2D eigenvalue weighted by molar-refractivity contribution is 5.97. The smallest absolute Gasteiger partial charge is 0.167 e. The minimum absolute atomic E-state index is 0.0756. The molecule has 0 aliphatic rings. The molecule has 1 aromatic carbocycles.